The molecular weight excluding hydrogens is 460 g/mol. The van der Waals surface area contributed by atoms with Crippen molar-refractivity contribution < 1.29 is 14.7 Å². The lowest BCUT2D eigenvalue weighted by molar-refractivity contribution is -0.137. The number of aliphatic carboxylic acids is 1. The number of amides is 1. The van der Waals surface area contributed by atoms with Crippen molar-refractivity contribution in [1.82, 2.24) is 9.47 Å². The van der Waals surface area contributed by atoms with Crippen LogP contribution in [0.4, 0.5) is 5.82 Å². The van der Waals surface area contributed by atoms with Crippen LogP contribution in [0.1, 0.15) is 56.2 Å². The highest BCUT2D eigenvalue weighted by molar-refractivity contribution is 8.26. The first-order valence-corrected chi connectivity index (χ1v) is 12.3. The van der Waals surface area contributed by atoms with Gasteiger partial charge in [-0.1, -0.05) is 30.9 Å². The molecule has 2 saturated heterocycles. The Labute approximate surface area is 202 Å². The zero-order chi connectivity index (χ0) is 24.3. The fraction of sp³-hybridized carbons (Fsp3) is 0.522. The summed E-state index contributed by atoms with van der Waals surface area (Å²) in [6.07, 6.45) is 4.01. The first-order valence-electron chi connectivity index (χ1n) is 11.1. The Kier molecular flexibility index (Phi) is 7.97. The molecule has 2 aliphatic heterocycles. The van der Waals surface area contributed by atoms with E-state index < -0.39 is 5.97 Å². The van der Waals surface area contributed by atoms with Crippen LogP contribution in [-0.4, -0.2) is 50.4 Å². The van der Waals surface area contributed by atoms with Crippen molar-refractivity contribution in [3.8, 4) is 6.07 Å². The van der Waals surface area contributed by atoms with Gasteiger partial charge in [-0.15, -0.1) is 0 Å². The number of carbonyl (C=O) groups is 2. The largest absolute Gasteiger partial charge is 0.481 e. The van der Waals surface area contributed by atoms with Gasteiger partial charge in [0.1, 0.15) is 21.8 Å². The van der Waals surface area contributed by atoms with Gasteiger partial charge in [0.15, 0.2) is 0 Å². The van der Waals surface area contributed by atoms with E-state index in [4.69, 9.17) is 17.3 Å². The first-order chi connectivity index (χ1) is 15.7. The molecule has 1 aromatic rings. The zero-order valence-corrected chi connectivity index (χ0v) is 20.7. The van der Waals surface area contributed by atoms with Crippen LogP contribution < -0.4 is 10.5 Å². The van der Waals surface area contributed by atoms with Crippen molar-refractivity contribution in [2.45, 2.75) is 53.0 Å². The number of carbonyl (C=O) groups excluding carboxylic acids is 1. The fourth-order valence-electron chi connectivity index (χ4n) is 4.21. The highest BCUT2D eigenvalue weighted by Crippen LogP contribution is 2.36. The molecule has 0 saturated carbocycles. The van der Waals surface area contributed by atoms with Gasteiger partial charge in [-0.25, -0.2) is 0 Å². The third-order valence-electron chi connectivity index (χ3n) is 6.17. The molecular formula is C23H28N4O4S2. The second-order valence-corrected chi connectivity index (χ2v) is 10.1. The van der Waals surface area contributed by atoms with Crippen molar-refractivity contribution in [3.05, 3.63) is 31.9 Å². The molecule has 0 bridgehead atoms. The highest BCUT2D eigenvalue weighted by atomic mass is 32.2. The molecule has 1 N–H and O–H groups in total. The number of anilines is 1. The third-order valence-corrected chi connectivity index (χ3v) is 7.54. The molecule has 10 heteroatoms. The number of nitrogens with zero attached hydrogens (tertiary/aromatic N) is 4. The minimum atomic E-state index is -0.919. The Balaban J connectivity index is 2.08. The van der Waals surface area contributed by atoms with Gasteiger partial charge in [-0.2, -0.15) is 5.26 Å². The maximum atomic E-state index is 13.1. The number of hydrogen-bond acceptors (Lipinski definition) is 7. The topological polar surface area (TPSA) is 107 Å². The molecule has 33 heavy (non-hydrogen) atoms. The average Bonchev–Trinajstić information content (AvgIpc) is 3.03. The minimum Gasteiger partial charge on any atom is -0.481 e. The van der Waals surface area contributed by atoms with Crippen LogP contribution in [-0.2, 0) is 16.1 Å². The quantitative estimate of drug-likeness (QED) is 0.460. The predicted molar refractivity (Wildman–Crippen MR) is 133 cm³/mol. The molecule has 2 aliphatic rings. The van der Waals surface area contributed by atoms with Crippen molar-refractivity contribution in [2.75, 3.05) is 24.5 Å². The van der Waals surface area contributed by atoms with Gasteiger partial charge in [0.05, 0.1) is 4.91 Å². The number of thiocarbonyl (C=S) groups is 1. The molecule has 3 rings (SSSR count). The Morgan fingerprint density at radius 3 is 2.58 bits per heavy atom. The molecule has 0 aliphatic carbocycles. The standard InChI is InChI=1S/C23H28N4O4S2/c1-4-26-20(25-10-7-14(2)8-11-25)16(15(3)17(13-24)21(26)30)12-18-22(31)27(23(32)33-18)9-5-6-19(28)29/h12,14H,4-11H2,1-3H3,(H,28,29). The van der Waals surface area contributed by atoms with Crippen molar-refractivity contribution >= 4 is 52.1 Å². The number of piperidine rings is 1. The Hall–Kier alpha value is -2.64. The van der Waals surface area contributed by atoms with E-state index in [9.17, 15) is 19.6 Å². The van der Waals surface area contributed by atoms with Gasteiger partial charge < -0.3 is 10.0 Å². The normalized spacial score (nSPS) is 18.3. The summed E-state index contributed by atoms with van der Waals surface area (Å²) >= 11 is 6.54. The van der Waals surface area contributed by atoms with E-state index in [1.807, 2.05) is 13.0 Å². The zero-order valence-electron chi connectivity index (χ0n) is 19.1. The van der Waals surface area contributed by atoms with E-state index in [1.165, 1.54) is 4.90 Å². The Bertz CT molecular complexity index is 1110. The molecule has 0 aromatic carbocycles. The monoisotopic (exact) mass is 488 g/mol. The second kappa shape index (κ2) is 10.5. The summed E-state index contributed by atoms with van der Waals surface area (Å²) in [6, 6.07) is 2.04. The van der Waals surface area contributed by atoms with Crippen molar-refractivity contribution in [2.24, 2.45) is 5.92 Å². The maximum absolute atomic E-state index is 13.1. The molecule has 1 aromatic heterocycles. The molecule has 2 fully saturated rings. The SMILES string of the molecule is CCn1c(N2CCC(C)CC2)c(C=C2SC(=S)N(CCCC(=O)O)C2=O)c(C)c(C#N)c1=O. The molecule has 176 valence electrons. The predicted octanol–water partition coefficient (Wildman–Crippen LogP) is 3.35. The Morgan fingerprint density at radius 2 is 2.00 bits per heavy atom. The summed E-state index contributed by atoms with van der Waals surface area (Å²) in [5.74, 6) is 0.147. The van der Waals surface area contributed by atoms with Gasteiger partial charge in [-0.3, -0.25) is 23.9 Å². The van der Waals surface area contributed by atoms with Crippen LogP contribution in [0.25, 0.3) is 6.08 Å². The minimum absolute atomic E-state index is 0.0419. The van der Waals surface area contributed by atoms with Crippen LogP contribution in [0, 0.1) is 24.2 Å². The number of pyridine rings is 1. The van der Waals surface area contributed by atoms with Crippen LogP contribution in [0.5, 0.6) is 0 Å². The summed E-state index contributed by atoms with van der Waals surface area (Å²) in [5, 5.41) is 18.5. The van der Waals surface area contributed by atoms with E-state index >= 15 is 0 Å². The maximum Gasteiger partial charge on any atom is 0.303 e. The summed E-state index contributed by atoms with van der Waals surface area (Å²) in [5.41, 5.74) is 1.00. The molecule has 1 amide bonds. The number of rotatable bonds is 7. The molecule has 8 nitrogen and oxygen atoms in total. The average molecular weight is 489 g/mol. The van der Waals surface area contributed by atoms with E-state index in [2.05, 4.69) is 11.8 Å². The first kappa shape index (κ1) is 25.0. The lowest BCUT2D eigenvalue weighted by Crippen LogP contribution is -2.39. The van der Waals surface area contributed by atoms with Crippen LogP contribution in [0.3, 0.4) is 0 Å². The number of carboxylic acid groups (broad SMARTS) is 1. The van der Waals surface area contributed by atoms with Gasteiger partial charge in [0, 0.05) is 38.2 Å². The molecule has 0 atom stereocenters. The summed E-state index contributed by atoms with van der Waals surface area (Å²) < 4.78 is 2.01. The molecule has 3 heterocycles. The lowest BCUT2D eigenvalue weighted by atomic mass is 9.97. The second-order valence-electron chi connectivity index (χ2n) is 8.40. The van der Waals surface area contributed by atoms with Crippen molar-refractivity contribution in [3.63, 3.8) is 0 Å². The van der Waals surface area contributed by atoms with E-state index in [0.717, 1.165) is 43.5 Å². The smallest absolute Gasteiger partial charge is 0.303 e. The summed E-state index contributed by atoms with van der Waals surface area (Å²) in [4.78, 5) is 41.0. The van der Waals surface area contributed by atoms with Crippen LogP contribution in [0.2, 0.25) is 0 Å². The van der Waals surface area contributed by atoms with Gasteiger partial charge in [0.2, 0.25) is 0 Å². The number of nitriles is 1. The van der Waals surface area contributed by atoms with E-state index in [0.29, 0.717) is 39.2 Å². The number of aromatic nitrogens is 1. The molecule has 0 spiro atoms. The van der Waals surface area contributed by atoms with E-state index in [1.54, 1.807) is 17.6 Å². The summed E-state index contributed by atoms with van der Waals surface area (Å²) in [7, 11) is 0. The lowest BCUT2D eigenvalue weighted by Gasteiger charge is -2.35. The van der Waals surface area contributed by atoms with E-state index in [-0.39, 0.29) is 30.0 Å². The van der Waals surface area contributed by atoms with Gasteiger partial charge >= 0.3 is 5.97 Å². The molecule has 0 unspecified atom stereocenters. The number of thioether (sulfide) groups is 1. The van der Waals surface area contributed by atoms with Crippen LogP contribution in [0.15, 0.2) is 9.70 Å². The van der Waals surface area contributed by atoms with Gasteiger partial charge in [-0.05, 0) is 50.7 Å². The van der Waals surface area contributed by atoms with Gasteiger partial charge in [0.25, 0.3) is 11.5 Å². The number of hydrogen-bond donors (Lipinski definition) is 1. The highest BCUT2D eigenvalue weighted by Gasteiger charge is 2.33. The number of carboxylic acids is 1. The fourth-order valence-corrected chi connectivity index (χ4v) is 5.50. The molecule has 0 radical (unpaired) electrons. The van der Waals surface area contributed by atoms with Crippen LogP contribution >= 0.6 is 24.0 Å². The third kappa shape index (κ3) is 5.14. The van der Waals surface area contributed by atoms with Crippen molar-refractivity contribution in [1.29, 1.82) is 5.26 Å². The summed E-state index contributed by atoms with van der Waals surface area (Å²) in [6.45, 7) is 8.07. The Morgan fingerprint density at radius 1 is 1.33 bits per heavy atom.